The predicted octanol–water partition coefficient (Wildman–Crippen LogP) is 1.72. The van der Waals surface area contributed by atoms with Gasteiger partial charge in [-0.25, -0.2) is 4.79 Å². The molecule has 1 aromatic carbocycles. The minimum atomic E-state index is -1.02. The van der Waals surface area contributed by atoms with Crippen molar-refractivity contribution in [3.63, 3.8) is 0 Å². The molecule has 1 aliphatic heterocycles. The lowest BCUT2D eigenvalue weighted by Crippen LogP contribution is -2.36. The smallest absolute Gasteiger partial charge is 0.332 e. The molecule has 1 amide bonds. The highest BCUT2D eigenvalue weighted by Crippen LogP contribution is 2.20. The van der Waals surface area contributed by atoms with Crippen molar-refractivity contribution in [2.45, 2.75) is 31.5 Å². The number of carbonyl (C=O) groups is 2. The van der Waals surface area contributed by atoms with E-state index < -0.39 is 18.2 Å². The van der Waals surface area contributed by atoms with E-state index in [1.54, 1.807) is 0 Å². The first-order valence-electron chi connectivity index (χ1n) is 7.27. The third-order valence-electron chi connectivity index (χ3n) is 3.73. The van der Waals surface area contributed by atoms with Crippen LogP contribution in [0.25, 0.3) is 11.0 Å². The van der Waals surface area contributed by atoms with Crippen LogP contribution in [0.1, 0.15) is 18.6 Å². The molecule has 2 heterocycles. The van der Waals surface area contributed by atoms with Crippen molar-refractivity contribution in [1.82, 2.24) is 5.32 Å². The number of nitrogens with one attached hydrogen (secondary N) is 1. The van der Waals surface area contributed by atoms with Crippen molar-refractivity contribution in [1.29, 1.82) is 0 Å². The maximum absolute atomic E-state index is 11.9. The first-order chi connectivity index (χ1) is 10.6. The predicted molar refractivity (Wildman–Crippen MR) is 78.5 cm³/mol. The van der Waals surface area contributed by atoms with Crippen molar-refractivity contribution in [3.8, 4) is 0 Å². The van der Waals surface area contributed by atoms with E-state index in [9.17, 15) is 9.59 Å². The molecule has 2 atom stereocenters. The highest BCUT2D eigenvalue weighted by molar-refractivity contribution is 5.82. The summed E-state index contributed by atoms with van der Waals surface area (Å²) in [7, 11) is 0. The Morgan fingerprint density at radius 3 is 2.73 bits per heavy atom. The standard InChI is InChI=1S/C16H17NO5/c18-15(13-5-6-14(22-13)16(19)20)17-8-7-11-9-10-3-1-2-4-12(10)21-11/h1-4,9,13-14H,5-8H2,(H,17,18)(H,19,20)/t13-,14+/m0/s1. The minimum Gasteiger partial charge on any atom is -0.479 e. The topological polar surface area (TPSA) is 88.8 Å². The molecule has 22 heavy (non-hydrogen) atoms. The molecular weight excluding hydrogens is 286 g/mol. The number of benzene rings is 1. The number of carbonyl (C=O) groups excluding carboxylic acids is 1. The molecular formula is C16H17NO5. The molecule has 0 spiro atoms. The first kappa shape index (κ1) is 14.6. The monoisotopic (exact) mass is 303 g/mol. The largest absolute Gasteiger partial charge is 0.479 e. The van der Waals surface area contributed by atoms with Crippen LogP contribution in [0.3, 0.4) is 0 Å². The highest BCUT2D eigenvalue weighted by atomic mass is 16.5. The summed E-state index contributed by atoms with van der Waals surface area (Å²) in [5.41, 5.74) is 0.826. The molecule has 1 fully saturated rings. The van der Waals surface area contributed by atoms with Gasteiger partial charge < -0.3 is 19.6 Å². The van der Waals surface area contributed by atoms with Crippen molar-refractivity contribution >= 4 is 22.8 Å². The molecule has 0 aliphatic carbocycles. The number of ether oxygens (including phenoxy) is 1. The highest BCUT2D eigenvalue weighted by Gasteiger charge is 2.34. The summed E-state index contributed by atoms with van der Waals surface area (Å²) in [6.45, 7) is 0.427. The number of hydrogen-bond donors (Lipinski definition) is 2. The lowest BCUT2D eigenvalue weighted by atomic mass is 10.2. The van der Waals surface area contributed by atoms with Gasteiger partial charge in [0.25, 0.3) is 0 Å². The zero-order chi connectivity index (χ0) is 15.5. The first-order valence-corrected chi connectivity index (χ1v) is 7.27. The lowest BCUT2D eigenvalue weighted by Gasteiger charge is -2.11. The van der Waals surface area contributed by atoms with Crippen LogP contribution in [0.2, 0.25) is 0 Å². The normalized spacial score (nSPS) is 21.1. The Labute approximate surface area is 127 Å². The number of para-hydroxylation sites is 1. The van der Waals surface area contributed by atoms with Gasteiger partial charge in [0.15, 0.2) is 6.10 Å². The number of furan rings is 1. The summed E-state index contributed by atoms with van der Waals surface area (Å²) in [6.07, 6.45) is -0.150. The molecule has 0 saturated carbocycles. The summed E-state index contributed by atoms with van der Waals surface area (Å²) in [6, 6.07) is 9.68. The Hall–Kier alpha value is -2.34. The quantitative estimate of drug-likeness (QED) is 0.878. The molecule has 6 nitrogen and oxygen atoms in total. The molecule has 0 unspecified atom stereocenters. The number of carboxylic acids is 1. The third-order valence-corrected chi connectivity index (χ3v) is 3.73. The number of aliphatic carboxylic acids is 1. The van der Waals surface area contributed by atoms with Gasteiger partial charge in [-0.3, -0.25) is 4.79 Å². The molecule has 2 N–H and O–H groups in total. The van der Waals surface area contributed by atoms with Crippen molar-refractivity contribution in [2.75, 3.05) is 6.54 Å². The Morgan fingerprint density at radius 2 is 2.00 bits per heavy atom. The number of amides is 1. The van der Waals surface area contributed by atoms with E-state index in [4.69, 9.17) is 14.3 Å². The van der Waals surface area contributed by atoms with E-state index in [2.05, 4.69) is 5.32 Å². The van der Waals surface area contributed by atoms with Crippen LogP contribution in [0.4, 0.5) is 0 Å². The zero-order valence-electron chi connectivity index (χ0n) is 12.0. The molecule has 3 rings (SSSR count). The number of fused-ring (bicyclic) bond motifs is 1. The van der Waals surface area contributed by atoms with E-state index in [1.807, 2.05) is 30.3 Å². The van der Waals surface area contributed by atoms with Gasteiger partial charge in [-0.1, -0.05) is 18.2 Å². The van der Waals surface area contributed by atoms with Crippen LogP contribution in [0, 0.1) is 0 Å². The Morgan fingerprint density at radius 1 is 1.23 bits per heavy atom. The van der Waals surface area contributed by atoms with Gasteiger partial charge in [0.2, 0.25) is 5.91 Å². The maximum Gasteiger partial charge on any atom is 0.332 e. The second-order valence-corrected chi connectivity index (χ2v) is 5.32. The van der Waals surface area contributed by atoms with Crippen LogP contribution in [0.5, 0.6) is 0 Å². The third kappa shape index (κ3) is 3.12. The lowest BCUT2D eigenvalue weighted by molar-refractivity contribution is -0.151. The van der Waals surface area contributed by atoms with Crippen LogP contribution in [-0.2, 0) is 20.7 Å². The second kappa shape index (κ2) is 6.19. The van der Waals surface area contributed by atoms with E-state index >= 15 is 0 Å². The summed E-state index contributed by atoms with van der Waals surface area (Å²) in [5, 5.41) is 12.6. The number of hydrogen-bond acceptors (Lipinski definition) is 4. The van der Waals surface area contributed by atoms with Gasteiger partial charge in [0.1, 0.15) is 17.4 Å². The Bertz CT molecular complexity index is 660. The molecule has 0 bridgehead atoms. The fraction of sp³-hybridized carbons (Fsp3) is 0.375. The molecule has 0 radical (unpaired) electrons. The van der Waals surface area contributed by atoms with Crippen molar-refractivity contribution in [3.05, 3.63) is 36.1 Å². The van der Waals surface area contributed by atoms with Gasteiger partial charge in [-0.2, -0.15) is 0 Å². The van der Waals surface area contributed by atoms with E-state index in [1.165, 1.54) is 0 Å². The molecule has 1 aromatic heterocycles. The fourth-order valence-electron chi connectivity index (χ4n) is 2.59. The van der Waals surface area contributed by atoms with Gasteiger partial charge in [0, 0.05) is 18.4 Å². The molecule has 1 aliphatic rings. The van der Waals surface area contributed by atoms with Crippen LogP contribution >= 0.6 is 0 Å². The van der Waals surface area contributed by atoms with Crippen molar-refractivity contribution in [2.24, 2.45) is 0 Å². The minimum absolute atomic E-state index is 0.264. The van der Waals surface area contributed by atoms with Crippen LogP contribution in [0.15, 0.2) is 34.7 Å². The van der Waals surface area contributed by atoms with E-state index in [0.717, 1.165) is 16.7 Å². The molecule has 116 valence electrons. The van der Waals surface area contributed by atoms with Gasteiger partial charge >= 0.3 is 5.97 Å². The van der Waals surface area contributed by atoms with E-state index in [-0.39, 0.29) is 5.91 Å². The molecule has 2 aromatic rings. The van der Waals surface area contributed by atoms with E-state index in [0.29, 0.717) is 25.8 Å². The Balaban J connectivity index is 1.48. The summed E-state index contributed by atoms with van der Waals surface area (Å²) >= 11 is 0. The molecule has 6 heteroatoms. The average molecular weight is 303 g/mol. The average Bonchev–Trinajstić information content (AvgIpc) is 3.13. The van der Waals surface area contributed by atoms with Crippen LogP contribution < -0.4 is 5.32 Å². The van der Waals surface area contributed by atoms with Gasteiger partial charge in [-0.15, -0.1) is 0 Å². The van der Waals surface area contributed by atoms with Crippen molar-refractivity contribution < 1.29 is 23.8 Å². The summed E-state index contributed by atoms with van der Waals surface area (Å²) in [4.78, 5) is 22.7. The molecule has 1 saturated heterocycles. The SMILES string of the molecule is O=C(NCCc1cc2ccccc2o1)[C@@H]1CC[C@H](C(=O)O)O1. The Kier molecular flexibility index (Phi) is 4.11. The van der Waals surface area contributed by atoms with Crippen LogP contribution in [-0.4, -0.2) is 35.7 Å². The van der Waals surface area contributed by atoms with Gasteiger partial charge in [0.05, 0.1) is 0 Å². The van der Waals surface area contributed by atoms with Gasteiger partial charge in [-0.05, 0) is 25.0 Å². The number of rotatable bonds is 5. The summed E-state index contributed by atoms with van der Waals surface area (Å²) in [5.74, 6) is -0.477. The zero-order valence-corrected chi connectivity index (χ0v) is 12.0. The second-order valence-electron chi connectivity index (χ2n) is 5.32. The fourth-order valence-corrected chi connectivity index (χ4v) is 2.59. The number of carboxylic acid groups (broad SMARTS) is 1. The summed E-state index contributed by atoms with van der Waals surface area (Å²) < 4.78 is 10.9. The maximum atomic E-state index is 11.9.